The summed E-state index contributed by atoms with van der Waals surface area (Å²) in [7, 11) is 0. The molecule has 0 aromatic carbocycles. The Morgan fingerprint density at radius 1 is 1.00 bits per heavy atom. The van der Waals surface area contributed by atoms with Crippen molar-refractivity contribution in [2.45, 2.75) is 0 Å². The minimum absolute atomic E-state index is 0. The molecule has 0 saturated heterocycles. The van der Waals surface area contributed by atoms with Gasteiger partial charge < -0.3 is 24.7 Å². The van der Waals surface area contributed by atoms with E-state index in [-0.39, 0.29) is 73.1 Å². The molecule has 0 amide bonds. The molecule has 0 nitrogen and oxygen atoms in total. The molecular formula is HMo2NaS2-2. The molecule has 0 atom stereocenters. The summed E-state index contributed by atoms with van der Waals surface area (Å²) < 4.78 is 0. The first-order valence-corrected chi connectivity index (χ1v) is 1.50. The smallest absolute Gasteiger partial charge is 1.00 e. The zero-order chi connectivity index (χ0) is 2.00. The Kier molecular flexibility index (Phi) is 134. The van der Waals surface area contributed by atoms with Crippen molar-refractivity contribution in [3.8, 4) is 0 Å². The fourth-order valence-electron chi connectivity index (χ4n) is 0. The quantitative estimate of drug-likeness (QED) is 0.265. The second-order valence-electron chi connectivity index (χ2n) is 0. The Morgan fingerprint density at radius 2 is 1.00 bits per heavy atom. The second kappa shape index (κ2) is 27.6. The van der Waals surface area contributed by atoms with Crippen LogP contribution in [0, 0.1) is 0 Å². The van der Waals surface area contributed by atoms with Gasteiger partial charge in [0.05, 0.1) is 0 Å². The second-order valence-corrected chi connectivity index (χ2v) is 0. The van der Waals surface area contributed by atoms with Crippen LogP contribution in [0.5, 0.6) is 0 Å². The van der Waals surface area contributed by atoms with Crippen molar-refractivity contribution in [2.24, 2.45) is 0 Å². The van der Waals surface area contributed by atoms with E-state index >= 15 is 0 Å². The van der Waals surface area contributed by atoms with Crippen LogP contribution in [0.4, 0.5) is 0 Å². The van der Waals surface area contributed by atoms with E-state index in [2.05, 4.69) is 23.3 Å². The average Bonchev–Trinajstić information content (AvgIpc) is 1.00. The van der Waals surface area contributed by atoms with Crippen LogP contribution in [0.3, 0.4) is 0 Å². The normalized spacial score (nSPS) is 1.20. The molecule has 0 N–H and O–H groups in total. The van der Waals surface area contributed by atoms with E-state index in [9.17, 15) is 0 Å². The molecule has 0 aliphatic carbocycles. The number of rotatable bonds is 0. The molecule has 0 heterocycles. The van der Waals surface area contributed by atoms with Gasteiger partial charge in [0, 0.05) is 42.1 Å². The predicted octanol–water partition coefficient (Wildman–Crippen LogP) is -2.89. The maximum absolute atomic E-state index is 3.67. The van der Waals surface area contributed by atoms with E-state index in [0.29, 0.717) is 0 Å². The van der Waals surface area contributed by atoms with Crippen LogP contribution in [-0.2, 0) is 65.5 Å². The van der Waals surface area contributed by atoms with Crippen molar-refractivity contribution in [2.75, 3.05) is 0 Å². The Balaban J connectivity index is -0.000000000833. The van der Waals surface area contributed by atoms with Crippen LogP contribution in [0.25, 0.3) is 0 Å². The van der Waals surface area contributed by atoms with E-state index in [1.807, 2.05) is 0 Å². The molecule has 0 aromatic rings. The summed E-state index contributed by atoms with van der Waals surface area (Å²) >= 11 is 7.33. The van der Waals surface area contributed by atoms with Gasteiger partial charge in [0.15, 0.2) is 0 Å². The SMILES string of the molecule is [H-].[Mo].[Mo].[Na+].[S-][S-]. The minimum Gasteiger partial charge on any atom is -1.00 e. The van der Waals surface area contributed by atoms with Gasteiger partial charge in [-0.15, -0.1) is 0 Å². The van der Waals surface area contributed by atoms with Crippen LogP contribution >= 0.6 is 0 Å². The molecule has 0 aliphatic heterocycles. The third kappa shape index (κ3) is 19.3. The zero-order valence-electron chi connectivity index (χ0n) is 3.63. The molecular weight excluding hydrogens is 279 g/mol. The molecule has 0 spiro atoms. The van der Waals surface area contributed by atoms with Gasteiger partial charge in [-0.05, 0) is 0 Å². The summed E-state index contributed by atoms with van der Waals surface area (Å²) in [5.41, 5.74) is 0. The first-order chi connectivity index (χ1) is 1.00. The first kappa shape index (κ1) is 24.3. The maximum Gasteiger partial charge on any atom is 1.00 e. The predicted molar refractivity (Wildman–Crippen MR) is 15.8 cm³/mol. The first-order valence-electron chi connectivity index (χ1n) is 0.167. The Labute approximate surface area is 94.8 Å². The topological polar surface area (TPSA) is 0 Å². The molecule has 0 bridgehead atoms. The third-order valence-corrected chi connectivity index (χ3v) is 0. The van der Waals surface area contributed by atoms with Gasteiger partial charge in [-0.1, -0.05) is 0 Å². The molecule has 0 aromatic heterocycles. The third-order valence-electron chi connectivity index (χ3n) is 0. The Hall–Kier alpha value is 3.08. The molecule has 0 fully saturated rings. The molecule has 5 heavy (non-hydrogen) atoms. The fourth-order valence-corrected chi connectivity index (χ4v) is 0. The monoisotopic (exact) mass is 284 g/mol. The molecule has 0 saturated carbocycles. The van der Waals surface area contributed by atoms with Gasteiger partial charge in [0.1, 0.15) is 0 Å². The molecule has 0 rings (SSSR count). The van der Waals surface area contributed by atoms with Crippen LogP contribution in [0.2, 0.25) is 0 Å². The largest absolute Gasteiger partial charge is 1.00 e. The number of hydrogen-bond acceptors (Lipinski definition) is 2. The van der Waals surface area contributed by atoms with E-state index in [1.54, 1.807) is 0 Å². The van der Waals surface area contributed by atoms with E-state index in [1.165, 1.54) is 0 Å². The van der Waals surface area contributed by atoms with Gasteiger partial charge >= 0.3 is 29.6 Å². The summed E-state index contributed by atoms with van der Waals surface area (Å²) in [6, 6.07) is 0. The van der Waals surface area contributed by atoms with Gasteiger partial charge in [0.2, 0.25) is 0 Å². The fraction of sp³-hybridized carbons (Fsp3) is 0. The van der Waals surface area contributed by atoms with Crippen LogP contribution in [-0.4, -0.2) is 0 Å². The Morgan fingerprint density at radius 3 is 1.00 bits per heavy atom. The van der Waals surface area contributed by atoms with Gasteiger partial charge in [0.25, 0.3) is 0 Å². The van der Waals surface area contributed by atoms with Crippen molar-refractivity contribution in [3.63, 3.8) is 0 Å². The summed E-state index contributed by atoms with van der Waals surface area (Å²) in [6.45, 7) is 0. The molecule has 0 aliphatic rings. The van der Waals surface area contributed by atoms with Crippen LogP contribution in [0.15, 0.2) is 0 Å². The van der Waals surface area contributed by atoms with E-state index in [4.69, 9.17) is 0 Å². The summed E-state index contributed by atoms with van der Waals surface area (Å²) in [6.07, 6.45) is 0. The summed E-state index contributed by atoms with van der Waals surface area (Å²) in [5, 5.41) is 0. The molecule has 0 unspecified atom stereocenters. The van der Waals surface area contributed by atoms with Crippen molar-refractivity contribution in [1.29, 1.82) is 0 Å². The van der Waals surface area contributed by atoms with Crippen molar-refractivity contribution < 1.29 is 73.1 Å². The van der Waals surface area contributed by atoms with Crippen LogP contribution in [0.1, 0.15) is 1.43 Å². The maximum atomic E-state index is 3.67. The summed E-state index contributed by atoms with van der Waals surface area (Å²) in [4.78, 5) is 0. The van der Waals surface area contributed by atoms with Crippen molar-refractivity contribution >= 4 is 23.3 Å². The zero-order valence-corrected chi connectivity index (χ0v) is 10.3. The van der Waals surface area contributed by atoms with Crippen molar-refractivity contribution in [1.82, 2.24) is 0 Å². The standard InChI is InChI=1S/2Mo.Na.S2.H/c;;;1-2;/q;;+1;-2;-1. The summed E-state index contributed by atoms with van der Waals surface area (Å²) in [5.74, 6) is 0. The van der Waals surface area contributed by atoms with Gasteiger partial charge in [-0.25, -0.2) is 0 Å². The molecule has 5 heteroatoms. The van der Waals surface area contributed by atoms with E-state index < -0.39 is 0 Å². The Bertz CT molecular complexity index is 11.5. The number of hydrogen-bond donors (Lipinski definition) is 0. The van der Waals surface area contributed by atoms with E-state index in [0.717, 1.165) is 0 Å². The van der Waals surface area contributed by atoms with Gasteiger partial charge in [-0.2, -0.15) is 0 Å². The molecule has 0 radical (unpaired) electrons. The average molecular weight is 280 g/mol. The van der Waals surface area contributed by atoms with Crippen molar-refractivity contribution in [3.05, 3.63) is 0 Å². The van der Waals surface area contributed by atoms with Gasteiger partial charge in [-0.3, -0.25) is 0 Å². The molecule has 28 valence electrons. The van der Waals surface area contributed by atoms with Crippen LogP contribution < -0.4 is 29.6 Å². The minimum atomic E-state index is 0.